The maximum atomic E-state index is 9.41. The summed E-state index contributed by atoms with van der Waals surface area (Å²) in [5.41, 5.74) is 1.22. The summed E-state index contributed by atoms with van der Waals surface area (Å²) >= 11 is 3.56. The number of aliphatic hydroxyl groups is 1. The first-order valence-electron chi connectivity index (χ1n) is 6.73. The van der Waals surface area contributed by atoms with E-state index >= 15 is 0 Å². The van der Waals surface area contributed by atoms with E-state index in [1.807, 2.05) is 32.0 Å². The fourth-order valence-corrected chi connectivity index (χ4v) is 2.97. The van der Waals surface area contributed by atoms with Crippen LogP contribution in [0.3, 0.4) is 0 Å². The molecular weight excluding hydrogens is 308 g/mol. The van der Waals surface area contributed by atoms with Crippen molar-refractivity contribution in [3.05, 3.63) is 34.3 Å². The van der Waals surface area contributed by atoms with Crippen LogP contribution >= 0.6 is 15.9 Å². The average molecular weight is 329 g/mol. The molecule has 1 aromatic rings. The molecule has 3 nitrogen and oxygen atoms in total. The Hall–Kier alpha value is -0.420. The van der Waals surface area contributed by atoms with Gasteiger partial charge in [0, 0.05) is 16.8 Å². The normalized spacial score (nSPS) is 32.0. The van der Waals surface area contributed by atoms with E-state index < -0.39 is 0 Å². The van der Waals surface area contributed by atoms with E-state index in [0.29, 0.717) is 6.61 Å². The standard InChI is InChI=1S/C15H21BrO3/c1-10-14(8-17)11(2)19-13(9-18-10)7-12-5-3-4-6-15(12)16/h3-6,10-11,13-14,17H,7-9H2,1-2H3. The molecule has 4 atom stereocenters. The molecule has 0 bridgehead atoms. The summed E-state index contributed by atoms with van der Waals surface area (Å²) in [6, 6.07) is 8.16. The highest BCUT2D eigenvalue weighted by molar-refractivity contribution is 9.10. The van der Waals surface area contributed by atoms with Crippen molar-refractivity contribution in [1.29, 1.82) is 0 Å². The lowest BCUT2D eigenvalue weighted by Crippen LogP contribution is -2.32. The molecule has 1 heterocycles. The zero-order chi connectivity index (χ0) is 13.8. The molecule has 1 aliphatic rings. The Morgan fingerprint density at radius 1 is 1.26 bits per heavy atom. The maximum absolute atomic E-state index is 9.41. The summed E-state index contributed by atoms with van der Waals surface area (Å²) in [5, 5.41) is 9.41. The van der Waals surface area contributed by atoms with Crippen LogP contribution < -0.4 is 0 Å². The van der Waals surface area contributed by atoms with E-state index in [2.05, 4.69) is 22.0 Å². The molecule has 0 aromatic heterocycles. The molecule has 0 spiro atoms. The lowest BCUT2D eigenvalue weighted by molar-refractivity contribution is -0.0292. The third-order valence-corrected chi connectivity index (χ3v) is 4.55. The van der Waals surface area contributed by atoms with E-state index in [0.717, 1.165) is 10.9 Å². The van der Waals surface area contributed by atoms with Gasteiger partial charge in [0.1, 0.15) is 0 Å². The fourth-order valence-electron chi connectivity index (χ4n) is 2.52. The van der Waals surface area contributed by atoms with Crippen molar-refractivity contribution in [1.82, 2.24) is 0 Å². The molecule has 0 radical (unpaired) electrons. The number of hydrogen-bond donors (Lipinski definition) is 1. The number of rotatable bonds is 3. The largest absolute Gasteiger partial charge is 0.396 e. The predicted molar refractivity (Wildman–Crippen MR) is 78.2 cm³/mol. The Morgan fingerprint density at radius 3 is 2.68 bits per heavy atom. The van der Waals surface area contributed by atoms with E-state index in [-0.39, 0.29) is 30.8 Å². The van der Waals surface area contributed by atoms with E-state index in [1.165, 1.54) is 5.56 Å². The van der Waals surface area contributed by atoms with E-state index in [9.17, 15) is 5.11 Å². The van der Waals surface area contributed by atoms with Crippen molar-refractivity contribution in [2.75, 3.05) is 13.2 Å². The minimum atomic E-state index is 0.00925. The van der Waals surface area contributed by atoms with Gasteiger partial charge in [0.05, 0.1) is 31.5 Å². The first-order chi connectivity index (χ1) is 9.11. The smallest absolute Gasteiger partial charge is 0.0853 e. The molecule has 4 unspecified atom stereocenters. The van der Waals surface area contributed by atoms with E-state index in [1.54, 1.807) is 0 Å². The van der Waals surface area contributed by atoms with Gasteiger partial charge in [-0.25, -0.2) is 0 Å². The van der Waals surface area contributed by atoms with Crippen LogP contribution in [0.1, 0.15) is 19.4 Å². The van der Waals surface area contributed by atoms with Crippen molar-refractivity contribution in [3.63, 3.8) is 0 Å². The summed E-state index contributed by atoms with van der Waals surface area (Å²) in [4.78, 5) is 0. The van der Waals surface area contributed by atoms with Crippen LogP contribution in [0.5, 0.6) is 0 Å². The number of benzene rings is 1. The first-order valence-corrected chi connectivity index (χ1v) is 7.52. The van der Waals surface area contributed by atoms with Crippen LogP contribution in [0.15, 0.2) is 28.7 Å². The highest BCUT2D eigenvalue weighted by Gasteiger charge is 2.31. The van der Waals surface area contributed by atoms with Gasteiger partial charge in [-0.2, -0.15) is 0 Å². The monoisotopic (exact) mass is 328 g/mol. The third kappa shape index (κ3) is 3.78. The average Bonchev–Trinajstić information content (AvgIpc) is 2.51. The van der Waals surface area contributed by atoms with Gasteiger partial charge in [-0.05, 0) is 25.5 Å². The molecule has 2 rings (SSSR count). The van der Waals surface area contributed by atoms with Gasteiger partial charge in [-0.3, -0.25) is 0 Å². The molecule has 0 saturated carbocycles. The zero-order valence-electron chi connectivity index (χ0n) is 11.4. The fraction of sp³-hybridized carbons (Fsp3) is 0.600. The van der Waals surface area contributed by atoms with Crippen LogP contribution in [-0.2, 0) is 15.9 Å². The molecule has 1 N–H and O–H groups in total. The summed E-state index contributed by atoms with van der Waals surface area (Å²) in [7, 11) is 0. The summed E-state index contributed by atoms with van der Waals surface area (Å²) in [6.07, 6.45) is 0.892. The number of halogens is 1. The summed E-state index contributed by atoms with van der Waals surface area (Å²) < 4.78 is 12.9. The van der Waals surface area contributed by atoms with Gasteiger partial charge in [0.15, 0.2) is 0 Å². The first kappa shape index (κ1) is 15.0. The lowest BCUT2D eigenvalue weighted by atomic mass is 9.99. The Morgan fingerprint density at radius 2 is 2.00 bits per heavy atom. The second kappa shape index (κ2) is 6.84. The molecule has 1 saturated heterocycles. The molecular formula is C15H21BrO3. The topological polar surface area (TPSA) is 38.7 Å². The number of hydrogen-bond acceptors (Lipinski definition) is 3. The van der Waals surface area contributed by atoms with Crippen LogP contribution in [-0.4, -0.2) is 36.6 Å². The SMILES string of the molecule is CC1OCC(Cc2ccccc2Br)OC(C)C1CO. The summed E-state index contributed by atoms with van der Waals surface area (Å²) in [5.74, 6) is 0.0456. The number of ether oxygens (including phenoxy) is 2. The molecule has 1 fully saturated rings. The van der Waals surface area contributed by atoms with Gasteiger partial charge in [-0.1, -0.05) is 34.1 Å². The second-order valence-corrected chi connectivity index (χ2v) is 6.00. The molecule has 1 aliphatic heterocycles. The Kier molecular flexibility index (Phi) is 5.39. The minimum absolute atomic E-state index is 0.00925. The second-order valence-electron chi connectivity index (χ2n) is 5.14. The maximum Gasteiger partial charge on any atom is 0.0853 e. The van der Waals surface area contributed by atoms with Gasteiger partial charge in [0.2, 0.25) is 0 Å². The van der Waals surface area contributed by atoms with Crippen LogP contribution in [0.2, 0.25) is 0 Å². The number of aliphatic hydroxyl groups excluding tert-OH is 1. The van der Waals surface area contributed by atoms with Crippen LogP contribution in [0.25, 0.3) is 0 Å². The van der Waals surface area contributed by atoms with Crippen molar-refractivity contribution >= 4 is 15.9 Å². The van der Waals surface area contributed by atoms with Gasteiger partial charge in [0.25, 0.3) is 0 Å². The van der Waals surface area contributed by atoms with Crippen LogP contribution in [0.4, 0.5) is 0 Å². The van der Waals surface area contributed by atoms with Crippen molar-refractivity contribution in [2.24, 2.45) is 5.92 Å². The molecule has 0 aliphatic carbocycles. The van der Waals surface area contributed by atoms with Crippen LogP contribution in [0, 0.1) is 5.92 Å². The lowest BCUT2D eigenvalue weighted by Gasteiger charge is -2.24. The quantitative estimate of drug-likeness (QED) is 0.927. The third-order valence-electron chi connectivity index (χ3n) is 3.77. The van der Waals surface area contributed by atoms with Gasteiger partial charge in [-0.15, -0.1) is 0 Å². The molecule has 4 heteroatoms. The Balaban J connectivity index is 2.04. The van der Waals surface area contributed by atoms with Crippen molar-refractivity contribution < 1.29 is 14.6 Å². The van der Waals surface area contributed by atoms with Gasteiger partial charge < -0.3 is 14.6 Å². The Bertz CT molecular complexity index is 410. The molecule has 0 amide bonds. The molecule has 106 valence electrons. The highest BCUT2D eigenvalue weighted by atomic mass is 79.9. The zero-order valence-corrected chi connectivity index (χ0v) is 13.0. The highest BCUT2D eigenvalue weighted by Crippen LogP contribution is 2.24. The van der Waals surface area contributed by atoms with E-state index in [4.69, 9.17) is 9.47 Å². The van der Waals surface area contributed by atoms with Gasteiger partial charge >= 0.3 is 0 Å². The summed E-state index contributed by atoms with van der Waals surface area (Å²) in [6.45, 7) is 4.69. The minimum Gasteiger partial charge on any atom is -0.396 e. The molecule has 19 heavy (non-hydrogen) atoms. The van der Waals surface area contributed by atoms with Crippen molar-refractivity contribution in [3.8, 4) is 0 Å². The van der Waals surface area contributed by atoms with Crippen molar-refractivity contribution in [2.45, 2.75) is 38.6 Å². The molecule has 1 aromatic carbocycles. The Labute approximate surface area is 123 Å². The predicted octanol–water partition coefficient (Wildman–Crippen LogP) is 2.79.